The van der Waals surface area contributed by atoms with Crippen LogP contribution in [0, 0.1) is 0 Å². The highest BCUT2D eigenvalue weighted by molar-refractivity contribution is 5.98. The first-order valence-electron chi connectivity index (χ1n) is 8.13. The Kier molecular flexibility index (Phi) is 6.81. The number of ether oxygens (including phenoxy) is 2. The molecular weight excluding hydrogens is 363 g/mol. The molecule has 5 nitrogen and oxygen atoms in total. The van der Waals surface area contributed by atoms with Crippen molar-refractivity contribution in [2.75, 3.05) is 13.2 Å². The summed E-state index contributed by atoms with van der Waals surface area (Å²) in [6.45, 7) is 1.61. The highest BCUT2D eigenvalue weighted by atomic mass is 19.4. The van der Waals surface area contributed by atoms with Gasteiger partial charge in [0.25, 0.3) is 5.91 Å². The van der Waals surface area contributed by atoms with Crippen LogP contribution in [0.3, 0.4) is 0 Å². The molecular formula is C19H18F3NO4. The standard InChI is InChI=1S/C19H18F3NO4/c1-2-26-16-6-4-3-5-15(16)18(25)23-11-17(24)27-12-13-7-9-14(10-8-13)19(20,21)22/h3-10H,2,11-12H2,1H3,(H,23,25). The average Bonchev–Trinajstić information content (AvgIpc) is 2.65. The molecule has 144 valence electrons. The Bertz CT molecular complexity index is 788. The van der Waals surface area contributed by atoms with Crippen LogP contribution < -0.4 is 10.1 Å². The SMILES string of the molecule is CCOc1ccccc1C(=O)NCC(=O)OCc1ccc(C(F)(F)F)cc1. The van der Waals surface area contributed by atoms with Gasteiger partial charge in [-0.15, -0.1) is 0 Å². The van der Waals surface area contributed by atoms with Gasteiger partial charge in [-0.3, -0.25) is 9.59 Å². The van der Waals surface area contributed by atoms with Crippen molar-refractivity contribution in [3.63, 3.8) is 0 Å². The summed E-state index contributed by atoms with van der Waals surface area (Å²) < 4.78 is 47.8. The van der Waals surface area contributed by atoms with Crippen molar-refractivity contribution in [1.29, 1.82) is 0 Å². The predicted octanol–water partition coefficient (Wildman–Crippen LogP) is 3.58. The number of nitrogens with one attached hydrogen (secondary N) is 1. The third-order valence-corrected chi connectivity index (χ3v) is 3.51. The van der Waals surface area contributed by atoms with Crippen molar-refractivity contribution in [2.24, 2.45) is 0 Å². The smallest absolute Gasteiger partial charge is 0.416 e. The molecule has 0 aliphatic rings. The first kappa shape index (κ1) is 20.3. The van der Waals surface area contributed by atoms with E-state index in [9.17, 15) is 22.8 Å². The van der Waals surface area contributed by atoms with E-state index in [0.717, 1.165) is 12.1 Å². The second-order valence-electron chi connectivity index (χ2n) is 5.47. The van der Waals surface area contributed by atoms with Crippen molar-refractivity contribution in [1.82, 2.24) is 5.32 Å². The van der Waals surface area contributed by atoms with Gasteiger partial charge in [0.1, 0.15) is 18.9 Å². The molecule has 0 aromatic heterocycles. The minimum Gasteiger partial charge on any atom is -0.493 e. The molecule has 0 atom stereocenters. The van der Waals surface area contributed by atoms with Crippen LogP contribution in [0.1, 0.15) is 28.4 Å². The molecule has 0 aliphatic carbocycles. The number of alkyl halides is 3. The zero-order valence-electron chi connectivity index (χ0n) is 14.5. The van der Waals surface area contributed by atoms with E-state index < -0.39 is 23.6 Å². The van der Waals surface area contributed by atoms with Gasteiger partial charge in [0, 0.05) is 0 Å². The summed E-state index contributed by atoms with van der Waals surface area (Å²) in [6.07, 6.45) is -4.42. The molecule has 0 unspecified atom stereocenters. The molecule has 27 heavy (non-hydrogen) atoms. The Balaban J connectivity index is 1.83. The zero-order chi connectivity index (χ0) is 19.9. The van der Waals surface area contributed by atoms with E-state index in [1.54, 1.807) is 31.2 Å². The normalized spacial score (nSPS) is 11.0. The van der Waals surface area contributed by atoms with Crippen LogP contribution in [0.4, 0.5) is 13.2 Å². The van der Waals surface area contributed by atoms with Crippen molar-refractivity contribution in [3.05, 3.63) is 65.2 Å². The predicted molar refractivity (Wildman–Crippen MR) is 91.2 cm³/mol. The highest BCUT2D eigenvalue weighted by Gasteiger charge is 2.29. The Hall–Kier alpha value is -3.03. The van der Waals surface area contributed by atoms with Crippen LogP contribution in [0.5, 0.6) is 5.75 Å². The van der Waals surface area contributed by atoms with Crippen LogP contribution >= 0.6 is 0 Å². The fourth-order valence-corrected chi connectivity index (χ4v) is 2.19. The maximum Gasteiger partial charge on any atom is 0.416 e. The van der Waals surface area contributed by atoms with Gasteiger partial charge in [0.05, 0.1) is 17.7 Å². The third-order valence-electron chi connectivity index (χ3n) is 3.51. The molecule has 0 saturated carbocycles. The monoisotopic (exact) mass is 381 g/mol. The molecule has 0 radical (unpaired) electrons. The number of rotatable bonds is 7. The first-order valence-corrected chi connectivity index (χ1v) is 8.13. The molecule has 8 heteroatoms. The molecule has 0 bridgehead atoms. The average molecular weight is 381 g/mol. The molecule has 1 N–H and O–H groups in total. The number of hydrogen-bond donors (Lipinski definition) is 1. The topological polar surface area (TPSA) is 64.6 Å². The Morgan fingerprint density at radius 1 is 1.04 bits per heavy atom. The number of carbonyl (C=O) groups is 2. The minimum absolute atomic E-state index is 0.192. The Morgan fingerprint density at radius 2 is 1.70 bits per heavy atom. The molecule has 2 aromatic rings. The van der Waals surface area contributed by atoms with Crippen molar-refractivity contribution in [3.8, 4) is 5.75 Å². The van der Waals surface area contributed by atoms with Crippen LogP contribution in [0.15, 0.2) is 48.5 Å². The van der Waals surface area contributed by atoms with Crippen molar-refractivity contribution in [2.45, 2.75) is 19.7 Å². The van der Waals surface area contributed by atoms with Gasteiger partial charge in [-0.1, -0.05) is 24.3 Å². The number of esters is 1. The van der Waals surface area contributed by atoms with Gasteiger partial charge >= 0.3 is 12.1 Å². The maximum absolute atomic E-state index is 12.5. The van der Waals surface area contributed by atoms with Gasteiger partial charge in [-0.05, 0) is 36.8 Å². The second-order valence-corrected chi connectivity index (χ2v) is 5.47. The number of amides is 1. The van der Waals surface area contributed by atoms with E-state index >= 15 is 0 Å². The molecule has 1 amide bonds. The summed E-state index contributed by atoms with van der Waals surface area (Å²) in [6, 6.07) is 10.9. The fraction of sp³-hybridized carbons (Fsp3) is 0.263. The minimum atomic E-state index is -4.42. The molecule has 0 spiro atoms. The largest absolute Gasteiger partial charge is 0.493 e. The summed E-state index contributed by atoms with van der Waals surface area (Å²) in [7, 11) is 0. The lowest BCUT2D eigenvalue weighted by molar-refractivity contribution is -0.143. The van der Waals surface area contributed by atoms with Gasteiger partial charge < -0.3 is 14.8 Å². The van der Waals surface area contributed by atoms with Crippen molar-refractivity contribution >= 4 is 11.9 Å². The number of halogens is 3. The number of para-hydroxylation sites is 1. The van der Waals surface area contributed by atoms with E-state index in [4.69, 9.17) is 9.47 Å². The maximum atomic E-state index is 12.5. The summed E-state index contributed by atoms with van der Waals surface area (Å²) in [5, 5.41) is 2.42. The van der Waals surface area contributed by atoms with E-state index in [1.807, 2.05) is 0 Å². The quantitative estimate of drug-likeness (QED) is 0.745. The van der Waals surface area contributed by atoms with Crippen LogP contribution in [-0.4, -0.2) is 25.0 Å². The van der Waals surface area contributed by atoms with Gasteiger partial charge in [0.15, 0.2) is 0 Å². The number of hydrogen-bond acceptors (Lipinski definition) is 4. The summed E-state index contributed by atoms with van der Waals surface area (Å²) >= 11 is 0. The number of benzene rings is 2. The van der Waals surface area contributed by atoms with Gasteiger partial charge in [-0.25, -0.2) is 0 Å². The number of carbonyl (C=O) groups excluding carboxylic acids is 2. The van der Waals surface area contributed by atoms with Gasteiger partial charge in [0.2, 0.25) is 0 Å². The molecule has 2 aromatic carbocycles. The van der Waals surface area contributed by atoms with E-state index in [2.05, 4.69) is 5.32 Å². The summed E-state index contributed by atoms with van der Waals surface area (Å²) in [5.41, 5.74) is -0.0861. The van der Waals surface area contributed by atoms with E-state index in [-0.39, 0.29) is 18.7 Å². The summed E-state index contributed by atoms with van der Waals surface area (Å²) in [5.74, 6) is -0.807. The van der Waals surface area contributed by atoms with E-state index in [1.165, 1.54) is 12.1 Å². The summed E-state index contributed by atoms with van der Waals surface area (Å²) in [4.78, 5) is 23.9. The lowest BCUT2D eigenvalue weighted by atomic mass is 10.1. The third kappa shape index (κ3) is 6.02. The van der Waals surface area contributed by atoms with Gasteiger partial charge in [-0.2, -0.15) is 13.2 Å². The highest BCUT2D eigenvalue weighted by Crippen LogP contribution is 2.29. The lowest BCUT2D eigenvalue weighted by Gasteiger charge is -2.11. The fourth-order valence-electron chi connectivity index (χ4n) is 2.19. The molecule has 0 heterocycles. The first-order chi connectivity index (χ1) is 12.8. The molecule has 0 aliphatic heterocycles. The Labute approximate surface area is 154 Å². The lowest BCUT2D eigenvalue weighted by Crippen LogP contribution is -2.30. The van der Waals surface area contributed by atoms with E-state index in [0.29, 0.717) is 17.9 Å². The molecule has 0 saturated heterocycles. The second kappa shape index (κ2) is 9.07. The molecule has 2 rings (SSSR count). The van der Waals surface area contributed by atoms with Crippen LogP contribution in [-0.2, 0) is 22.3 Å². The van der Waals surface area contributed by atoms with Crippen LogP contribution in [0.2, 0.25) is 0 Å². The van der Waals surface area contributed by atoms with Crippen LogP contribution in [0.25, 0.3) is 0 Å². The molecule has 0 fully saturated rings. The zero-order valence-corrected chi connectivity index (χ0v) is 14.5. The van der Waals surface area contributed by atoms with Crippen molar-refractivity contribution < 1.29 is 32.2 Å². The Morgan fingerprint density at radius 3 is 2.33 bits per heavy atom.